The molecule has 1 aliphatic carbocycles. The summed E-state index contributed by atoms with van der Waals surface area (Å²) in [5, 5.41) is 2.22. The van der Waals surface area contributed by atoms with Gasteiger partial charge in [0.1, 0.15) is 11.2 Å². The number of nitrogens with zero attached hydrogens (tertiary/aromatic N) is 3. The number of furan rings is 1. The first-order chi connectivity index (χ1) is 30.7. The normalized spacial score (nSPS) is 12.6. The van der Waals surface area contributed by atoms with E-state index in [1.54, 1.807) is 0 Å². The third-order valence-corrected chi connectivity index (χ3v) is 12.5. The maximum absolute atomic E-state index is 6.19. The highest BCUT2D eigenvalue weighted by molar-refractivity contribution is 6.12. The second-order valence-electron chi connectivity index (χ2n) is 15.9. The van der Waals surface area contributed by atoms with Crippen molar-refractivity contribution in [3.8, 4) is 67.5 Å². The average Bonchev–Trinajstić information content (AvgIpc) is 3.89. The van der Waals surface area contributed by atoms with Crippen LogP contribution in [0.3, 0.4) is 0 Å². The van der Waals surface area contributed by atoms with Gasteiger partial charge in [0.2, 0.25) is 0 Å². The molecule has 0 radical (unpaired) electrons. The summed E-state index contributed by atoms with van der Waals surface area (Å²) in [6.07, 6.45) is 0. The molecular weight excluding hydrogens is 755 g/mol. The number of benzene rings is 9. The Morgan fingerprint density at radius 1 is 0.306 bits per heavy atom. The summed E-state index contributed by atoms with van der Waals surface area (Å²) in [4.78, 5) is 15.2. The van der Waals surface area contributed by atoms with Gasteiger partial charge in [-0.2, -0.15) is 0 Å². The Morgan fingerprint density at radius 2 is 0.774 bits per heavy atom. The van der Waals surface area contributed by atoms with Gasteiger partial charge in [0, 0.05) is 27.5 Å². The van der Waals surface area contributed by atoms with E-state index >= 15 is 0 Å². The molecule has 12 rings (SSSR count). The molecule has 0 N–H and O–H groups in total. The number of rotatable bonds is 7. The van der Waals surface area contributed by atoms with E-state index in [9.17, 15) is 0 Å². The van der Waals surface area contributed by atoms with Gasteiger partial charge in [0.25, 0.3) is 0 Å². The maximum Gasteiger partial charge on any atom is 0.164 e. The lowest BCUT2D eigenvalue weighted by Gasteiger charge is -2.34. The van der Waals surface area contributed by atoms with Crippen LogP contribution in [0.4, 0.5) is 0 Å². The first kappa shape index (κ1) is 35.7. The van der Waals surface area contributed by atoms with Crippen LogP contribution in [0.2, 0.25) is 0 Å². The monoisotopic (exact) mass is 791 g/mol. The minimum absolute atomic E-state index is 0.460. The van der Waals surface area contributed by atoms with E-state index in [4.69, 9.17) is 19.4 Å². The van der Waals surface area contributed by atoms with Crippen LogP contribution < -0.4 is 0 Å². The SMILES string of the molecule is c1ccc(-c2nc(-c3ccc(-c4ccc5c(c4)C(c4ccccc4)(c4ccccc4)c4ccccc4-5)cc3)nc(-c3ccc(-c4cccc5oc6ccccc6c45)cc3)n2)cc1. The predicted octanol–water partition coefficient (Wildman–Crippen LogP) is 14.5. The van der Waals surface area contributed by atoms with Gasteiger partial charge >= 0.3 is 0 Å². The van der Waals surface area contributed by atoms with Crippen LogP contribution >= 0.6 is 0 Å². The molecule has 0 saturated carbocycles. The van der Waals surface area contributed by atoms with Gasteiger partial charge in [0.05, 0.1) is 5.41 Å². The molecule has 9 aromatic carbocycles. The van der Waals surface area contributed by atoms with Crippen molar-refractivity contribution < 1.29 is 4.42 Å². The van der Waals surface area contributed by atoms with Crippen LogP contribution in [-0.2, 0) is 5.41 Å². The van der Waals surface area contributed by atoms with Crippen LogP contribution in [0, 0.1) is 0 Å². The lowest BCUT2D eigenvalue weighted by atomic mass is 9.67. The zero-order chi connectivity index (χ0) is 41.0. The van der Waals surface area contributed by atoms with Crippen LogP contribution in [-0.4, -0.2) is 15.0 Å². The molecule has 0 bridgehead atoms. The summed E-state index contributed by atoms with van der Waals surface area (Å²) in [5.41, 5.74) is 16.2. The Morgan fingerprint density at radius 3 is 1.44 bits per heavy atom. The molecular formula is C58H37N3O. The number of fused-ring (bicyclic) bond motifs is 6. The van der Waals surface area contributed by atoms with E-state index in [1.807, 2.05) is 48.5 Å². The Balaban J connectivity index is 0.935. The van der Waals surface area contributed by atoms with Gasteiger partial charge in [-0.05, 0) is 73.8 Å². The molecule has 2 aromatic heterocycles. The van der Waals surface area contributed by atoms with Crippen molar-refractivity contribution in [1.82, 2.24) is 15.0 Å². The van der Waals surface area contributed by atoms with E-state index in [2.05, 4.69) is 176 Å². The minimum Gasteiger partial charge on any atom is -0.456 e. The third-order valence-electron chi connectivity index (χ3n) is 12.5. The fourth-order valence-electron chi connectivity index (χ4n) is 9.60. The number of aromatic nitrogens is 3. The van der Waals surface area contributed by atoms with Crippen molar-refractivity contribution in [3.05, 3.63) is 247 Å². The summed E-state index contributed by atoms with van der Waals surface area (Å²) < 4.78 is 6.19. The molecule has 4 heteroatoms. The Bertz CT molecular complexity index is 3390. The van der Waals surface area contributed by atoms with Crippen molar-refractivity contribution in [3.63, 3.8) is 0 Å². The molecule has 62 heavy (non-hydrogen) atoms. The molecule has 0 atom stereocenters. The van der Waals surface area contributed by atoms with E-state index < -0.39 is 5.41 Å². The second kappa shape index (κ2) is 14.5. The smallest absolute Gasteiger partial charge is 0.164 e. The van der Waals surface area contributed by atoms with E-state index in [0.717, 1.165) is 60.9 Å². The standard InChI is InChI=1S/C58H37N3O/c1-4-15-40(16-5-1)55-59-56(61-57(60-55)42-33-29-39(30-34-42)46-23-14-26-53-54(46)49-22-11-13-25-52(49)62-53)41-31-27-38(28-32-41)43-35-36-48-47-21-10-12-24-50(47)58(51(48)37-43,44-17-6-2-7-18-44)45-19-8-3-9-20-45/h1-37H. The molecule has 0 saturated heterocycles. The molecule has 1 aliphatic rings. The van der Waals surface area contributed by atoms with Gasteiger partial charge in [-0.25, -0.2) is 15.0 Å². The molecule has 0 amide bonds. The fraction of sp³-hybridized carbons (Fsp3) is 0.0172. The molecule has 0 spiro atoms. The zero-order valence-electron chi connectivity index (χ0n) is 33.6. The second-order valence-corrected chi connectivity index (χ2v) is 15.9. The average molecular weight is 792 g/mol. The van der Waals surface area contributed by atoms with E-state index in [1.165, 1.54) is 33.4 Å². The lowest BCUT2D eigenvalue weighted by molar-refractivity contribution is 0.669. The zero-order valence-corrected chi connectivity index (χ0v) is 33.6. The first-order valence-corrected chi connectivity index (χ1v) is 21.0. The molecule has 11 aromatic rings. The molecule has 0 unspecified atom stereocenters. The summed E-state index contributed by atoms with van der Waals surface area (Å²) in [5.74, 6) is 1.87. The van der Waals surface area contributed by atoms with Crippen molar-refractivity contribution in [2.75, 3.05) is 0 Å². The van der Waals surface area contributed by atoms with Crippen LogP contribution in [0.1, 0.15) is 22.3 Å². The van der Waals surface area contributed by atoms with Gasteiger partial charge in [-0.3, -0.25) is 0 Å². The Hall–Kier alpha value is -8.21. The third kappa shape index (κ3) is 5.72. The van der Waals surface area contributed by atoms with Crippen molar-refractivity contribution in [1.29, 1.82) is 0 Å². The van der Waals surface area contributed by atoms with Crippen LogP contribution in [0.25, 0.3) is 89.5 Å². The Kier molecular flexibility index (Phi) is 8.36. The fourth-order valence-corrected chi connectivity index (χ4v) is 9.60. The summed E-state index contributed by atoms with van der Waals surface area (Å²) >= 11 is 0. The summed E-state index contributed by atoms with van der Waals surface area (Å²) in [6.45, 7) is 0. The van der Waals surface area contributed by atoms with Gasteiger partial charge in [0.15, 0.2) is 17.5 Å². The highest BCUT2D eigenvalue weighted by Crippen LogP contribution is 2.56. The molecule has 290 valence electrons. The predicted molar refractivity (Wildman–Crippen MR) is 252 cm³/mol. The van der Waals surface area contributed by atoms with Crippen molar-refractivity contribution >= 4 is 21.9 Å². The highest BCUT2D eigenvalue weighted by Gasteiger charge is 2.46. The quantitative estimate of drug-likeness (QED) is 0.161. The number of hydrogen-bond acceptors (Lipinski definition) is 4. The molecule has 0 aliphatic heterocycles. The van der Waals surface area contributed by atoms with Gasteiger partial charge < -0.3 is 4.42 Å². The summed E-state index contributed by atoms with van der Waals surface area (Å²) in [6, 6.07) is 79.4. The molecule has 4 nitrogen and oxygen atoms in total. The maximum atomic E-state index is 6.19. The highest BCUT2D eigenvalue weighted by atomic mass is 16.3. The van der Waals surface area contributed by atoms with Crippen molar-refractivity contribution in [2.24, 2.45) is 0 Å². The molecule has 2 heterocycles. The first-order valence-electron chi connectivity index (χ1n) is 21.0. The number of para-hydroxylation sites is 1. The molecule has 0 fully saturated rings. The van der Waals surface area contributed by atoms with E-state index in [0.29, 0.717) is 17.5 Å². The lowest BCUT2D eigenvalue weighted by Crippen LogP contribution is -2.28. The van der Waals surface area contributed by atoms with Gasteiger partial charge in [-0.15, -0.1) is 0 Å². The minimum atomic E-state index is -0.460. The largest absolute Gasteiger partial charge is 0.456 e. The van der Waals surface area contributed by atoms with Crippen molar-refractivity contribution in [2.45, 2.75) is 5.41 Å². The number of hydrogen-bond donors (Lipinski definition) is 0. The summed E-state index contributed by atoms with van der Waals surface area (Å²) in [7, 11) is 0. The van der Waals surface area contributed by atoms with Crippen LogP contribution in [0.5, 0.6) is 0 Å². The Labute approximate surface area is 359 Å². The topological polar surface area (TPSA) is 51.8 Å². The van der Waals surface area contributed by atoms with Gasteiger partial charge in [-0.1, -0.05) is 206 Å². The van der Waals surface area contributed by atoms with E-state index in [-0.39, 0.29) is 0 Å². The van der Waals surface area contributed by atoms with Crippen LogP contribution in [0.15, 0.2) is 229 Å².